The van der Waals surface area contributed by atoms with Crippen molar-refractivity contribution < 1.29 is 24.5 Å². The first-order chi connectivity index (χ1) is 12.8. The third-order valence-electron chi connectivity index (χ3n) is 5.36. The van der Waals surface area contributed by atoms with Crippen LogP contribution >= 0.6 is 0 Å². The van der Waals surface area contributed by atoms with Crippen LogP contribution in [0.3, 0.4) is 0 Å². The van der Waals surface area contributed by atoms with Crippen LogP contribution in [0.4, 0.5) is 4.39 Å². The fraction of sp³-hybridized carbons (Fsp3) is 0.500. The summed E-state index contributed by atoms with van der Waals surface area (Å²) in [5, 5.41) is 28.6. The van der Waals surface area contributed by atoms with Crippen LogP contribution in [0.1, 0.15) is 51.5 Å². The molecule has 1 aromatic carbocycles. The van der Waals surface area contributed by atoms with Gasteiger partial charge < -0.3 is 15.3 Å². The van der Waals surface area contributed by atoms with Crippen molar-refractivity contribution in [2.45, 2.75) is 58.2 Å². The first-order valence-electron chi connectivity index (χ1n) is 9.60. The predicted molar refractivity (Wildman–Crippen MR) is 111 cm³/mol. The van der Waals surface area contributed by atoms with Crippen molar-refractivity contribution in [2.75, 3.05) is 0 Å². The zero-order valence-corrected chi connectivity index (χ0v) is 15.9. The summed E-state index contributed by atoms with van der Waals surface area (Å²) in [6.45, 7) is 4.31. The van der Waals surface area contributed by atoms with Crippen LogP contribution in [-0.2, 0) is 4.79 Å². The second-order valence-corrected chi connectivity index (χ2v) is 7.24. The summed E-state index contributed by atoms with van der Waals surface area (Å²) in [5.74, 6) is -0.490. The third kappa shape index (κ3) is 6.82. The molecule has 4 atom stereocenters. The van der Waals surface area contributed by atoms with Crippen molar-refractivity contribution in [3.63, 3.8) is 0 Å². The Morgan fingerprint density at radius 1 is 1.21 bits per heavy atom. The molecule has 6 heteroatoms. The molecule has 4 unspecified atom stereocenters. The number of aliphatic hydroxyl groups excluding tert-OH is 2. The Labute approximate surface area is 188 Å². The van der Waals surface area contributed by atoms with Gasteiger partial charge in [-0.1, -0.05) is 44.6 Å². The average molecular weight is 400 g/mol. The number of halogens is 1. The van der Waals surface area contributed by atoms with Gasteiger partial charge in [0.1, 0.15) is 5.82 Å². The van der Waals surface area contributed by atoms with Crippen LogP contribution in [0.2, 0.25) is 0 Å². The van der Waals surface area contributed by atoms with Crippen molar-refractivity contribution in [3.8, 4) is 0 Å². The van der Waals surface area contributed by atoms with E-state index in [-0.39, 0.29) is 48.2 Å². The zero-order chi connectivity index (χ0) is 20.0. The van der Waals surface area contributed by atoms with Crippen LogP contribution in [0.5, 0.6) is 0 Å². The molecule has 1 aliphatic rings. The van der Waals surface area contributed by atoms with E-state index >= 15 is 0 Å². The normalized spacial score (nSPS) is 21.6. The molecule has 0 fully saturated rings. The maximum atomic E-state index is 13.3. The third-order valence-corrected chi connectivity index (χ3v) is 5.36. The van der Waals surface area contributed by atoms with E-state index < -0.39 is 18.2 Å². The number of carboxylic acids is 1. The zero-order valence-electron chi connectivity index (χ0n) is 15.9. The topological polar surface area (TPSA) is 77.8 Å². The number of carboxylic acid groups (broad SMARTS) is 1. The molecule has 0 saturated carbocycles. The second-order valence-electron chi connectivity index (χ2n) is 7.24. The van der Waals surface area contributed by atoms with E-state index in [4.69, 9.17) is 5.11 Å². The van der Waals surface area contributed by atoms with Gasteiger partial charge in [-0.15, -0.1) is 0 Å². The van der Waals surface area contributed by atoms with E-state index in [1.54, 1.807) is 18.2 Å². The summed E-state index contributed by atoms with van der Waals surface area (Å²) >= 11 is 0. The monoisotopic (exact) mass is 400 g/mol. The molecule has 0 spiro atoms. The van der Waals surface area contributed by atoms with Crippen molar-refractivity contribution >= 4 is 41.1 Å². The molecule has 0 bridgehead atoms. The predicted octanol–water partition coefficient (Wildman–Crippen LogP) is 3.53. The Kier molecular flexibility index (Phi) is 10.6. The first kappa shape index (κ1) is 25.1. The molecular weight excluding hydrogens is 370 g/mol. The van der Waals surface area contributed by atoms with E-state index in [1.807, 2.05) is 6.08 Å². The fourth-order valence-corrected chi connectivity index (χ4v) is 4.00. The number of aliphatic hydroxyl groups is 2. The number of aliphatic carboxylic acids is 1. The Bertz CT molecular complexity index is 699. The van der Waals surface area contributed by atoms with Gasteiger partial charge in [-0.3, -0.25) is 4.79 Å². The van der Waals surface area contributed by atoms with E-state index in [2.05, 4.69) is 13.8 Å². The van der Waals surface area contributed by atoms with Gasteiger partial charge in [0, 0.05) is 6.42 Å². The summed E-state index contributed by atoms with van der Waals surface area (Å²) in [6.07, 6.45) is 4.06. The minimum absolute atomic E-state index is 0. The van der Waals surface area contributed by atoms with Crippen molar-refractivity contribution in [3.05, 3.63) is 53.4 Å². The Morgan fingerprint density at radius 3 is 2.39 bits per heavy atom. The second kappa shape index (κ2) is 11.9. The van der Waals surface area contributed by atoms with Crippen LogP contribution in [-0.4, -0.2) is 63.1 Å². The van der Waals surface area contributed by atoms with Gasteiger partial charge in [0.25, 0.3) is 0 Å². The minimum atomic E-state index is -1.09. The molecular formula is C22H30FNaO4. The fourth-order valence-electron chi connectivity index (χ4n) is 4.00. The molecule has 0 aromatic heterocycles. The standard InChI is InChI=1S/C22H29FO4.Na.H/c1-3-14-11-21(15-5-7-16(23)8-6-15)20(19(14)4-2)10-9-17(24)12-18(25)13-22(26)27;;/h5-10,14,17-19,24-25H,3-4,11-13H2,1-2H3,(H,26,27);;. The Morgan fingerprint density at radius 2 is 1.86 bits per heavy atom. The van der Waals surface area contributed by atoms with Crippen molar-refractivity contribution in [2.24, 2.45) is 11.8 Å². The van der Waals surface area contributed by atoms with Crippen LogP contribution in [0.25, 0.3) is 5.57 Å². The van der Waals surface area contributed by atoms with Crippen molar-refractivity contribution in [1.82, 2.24) is 0 Å². The molecule has 2 rings (SSSR count). The maximum absolute atomic E-state index is 13.3. The molecule has 1 aromatic rings. The van der Waals surface area contributed by atoms with E-state index in [0.717, 1.165) is 30.4 Å². The van der Waals surface area contributed by atoms with Gasteiger partial charge >= 0.3 is 35.5 Å². The summed E-state index contributed by atoms with van der Waals surface area (Å²) < 4.78 is 13.3. The molecule has 1 aliphatic carbocycles. The van der Waals surface area contributed by atoms with Crippen LogP contribution in [0.15, 0.2) is 42.0 Å². The number of allylic oxidation sites excluding steroid dienone is 3. The van der Waals surface area contributed by atoms with Gasteiger partial charge in [0.2, 0.25) is 0 Å². The molecule has 3 N–H and O–H groups in total. The van der Waals surface area contributed by atoms with Gasteiger partial charge in [-0.2, -0.15) is 0 Å². The molecule has 28 heavy (non-hydrogen) atoms. The summed E-state index contributed by atoms with van der Waals surface area (Å²) in [4.78, 5) is 10.6. The quantitative estimate of drug-likeness (QED) is 0.554. The van der Waals surface area contributed by atoms with Crippen LogP contribution in [0, 0.1) is 17.7 Å². The summed E-state index contributed by atoms with van der Waals surface area (Å²) in [7, 11) is 0. The van der Waals surface area contributed by atoms with Gasteiger partial charge in [0.05, 0.1) is 18.6 Å². The molecule has 150 valence electrons. The first-order valence-corrected chi connectivity index (χ1v) is 9.60. The SMILES string of the molecule is CCC1CC(c2ccc(F)cc2)=C(C=CC(O)CC(O)CC(=O)O)C1CC.[NaH]. The Hall–Kier alpha value is -0.980. The molecule has 0 amide bonds. The van der Waals surface area contributed by atoms with E-state index in [9.17, 15) is 19.4 Å². The Balaban J connectivity index is 0.00000392. The molecule has 0 aliphatic heterocycles. The van der Waals surface area contributed by atoms with Crippen molar-refractivity contribution in [1.29, 1.82) is 0 Å². The summed E-state index contributed by atoms with van der Waals surface area (Å²) in [5.41, 5.74) is 3.30. The summed E-state index contributed by atoms with van der Waals surface area (Å²) in [6, 6.07) is 6.49. The van der Waals surface area contributed by atoms with E-state index in [0.29, 0.717) is 11.8 Å². The molecule has 0 radical (unpaired) electrons. The molecule has 0 saturated heterocycles. The van der Waals surface area contributed by atoms with Gasteiger partial charge in [-0.25, -0.2) is 4.39 Å². The van der Waals surface area contributed by atoms with E-state index in [1.165, 1.54) is 17.7 Å². The van der Waals surface area contributed by atoms with Crippen LogP contribution < -0.4 is 0 Å². The van der Waals surface area contributed by atoms with Gasteiger partial charge in [-0.05, 0) is 53.5 Å². The molecule has 0 heterocycles. The molecule has 4 nitrogen and oxygen atoms in total. The average Bonchev–Trinajstić information content (AvgIpc) is 2.97. The number of benzene rings is 1. The number of rotatable bonds is 9. The number of carbonyl (C=O) groups is 1. The number of hydrogen-bond acceptors (Lipinski definition) is 3. The van der Waals surface area contributed by atoms with Gasteiger partial charge in [0.15, 0.2) is 0 Å². The number of hydrogen-bond donors (Lipinski definition) is 3.